The molecule has 2 unspecified atom stereocenters. The quantitative estimate of drug-likeness (QED) is 0.719. The highest BCUT2D eigenvalue weighted by Gasteiger charge is 2.41. The normalized spacial score (nSPS) is 21.8. The van der Waals surface area contributed by atoms with Crippen LogP contribution in [0.5, 0.6) is 5.75 Å². The van der Waals surface area contributed by atoms with Crippen molar-refractivity contribution in [2.45, 2.75) is 26.2 Å². The van der Waals surface area contributed by atoms with E-state index < -0.39 is 0 Å². The Bertz CT molecular complexity index is 866. The molecule has 2 saturated heterocycles. The first kappa shape index (κ1) is 21.3. The Morgan fingerprint density at radius 2 is 1.81 bits per heavy atom. The molecule has 0 N–H and O–H groups in total. The van der Waals surface area contributed by atoms with Gasteiger partial charge in [-0.15, -0.1) is 0 Å². The zero-order valence-electron chi connectivity index (χ0n) is 18.2. The average Bonchev–Trinajstić information content (AvgIpc) is 3.23. The number of pyridine rings is 1. The minimum atomic E-state index is 0.154. The number of nitrogens with zero attached hydrogens (tertiary/aromatic N) is 3. The van der Waals surface area contributed by atoms with E-state index in [0.29, 0.717) is 30.8 Å². The van der Waals surface area contributed by atoms with Crippen molar-refractivity contribution in [1.82, 2.24) is 14.8 Å². The molecule has 164 valence electrons. The zero-order chi connectivity index (χ0) is 21.6. The molecule has 2 atom stereocenters. The van der Waals surface area contributed by atoms with E-state index in [2.05, 4.69) is 4.98 Å². The molecule has 4 rings (SSSR count). The molecule has 0 spiro atoms. The number of amides is 2. The van der Waals surface area contributed by atoms with Crippen LogP contribution in [-0.4, -0.2) is 59.4 Å². The summed E-state index contributed by atoms with van der Waals surface area (Å²) in [4.78, 5) is 32.8. The molecular weight excluding hydrogens is 390 g/mol. The van der Waals surface area contributed by atoms with Gasteiger partial charge in [0.05, 0.1) is 13.0 Å². The summed E-state index contributed by atoms with van der Waals surface area (Å²) >= 11 is 0. The van der Waals surface area contributed by atoms with Gasteiger partial charge in [0, 0.05) is 51.4 Å². The lowest BCUT2D eigenvalue weighted by Crippen LogP contribution is -2.40. The van der Waals surface area contributed by atoms with Gasteiger partial charge in [0.1, 0.15) is 5.75 Å². The van der Waals surface area contributed by atoms with Gasteiger partial charge in [-0.05, 0) is 48.4 Å². The number of benzene rings is 1. The summed E-state index contributed by atoms with van der Waals surface area (Å²) in [5.41, 5.74) is 0.947. The molecule has 3 heterocycles. The van der Waals surface area contributed by atoms with E-state index in [9.17, 15) is 9.59 Å². The van der Waals surface area contributed by atoms with Crippen molar-refractivity contribution in [3.8, 4) is 5.75 Å². The Hall–Kier alpha value is -2.89. The van der Waals surface area contributed by atoms with Crippen LogP contribution >= 0.6 is 0 Å². The molecule has 6 nitrogen and oxygen atoms in total. The highest BCUT2D eigenvalue weighted by atomic mass is 16.5. The van der Waals surface area contributed by atoms with Gasteiger partial charge in [-0.25, -0.2) is 0 Å². The third-order valence-electron chi connectivity index (χ3n) is 6.72. The molecule has 6 heteroatoms. The number of carbonyl (C=O) groups is 2. The molecule has 31 heavy (non-hydrogen) atoms. The highest BCUT2D eigenvalue weighted by molar-refractivity contribution is 5.79. The van der Waals surface area contributed by atoms with Crippen molar-refractivity contribution in [3.63, 3.8) is 0 Å². The maximum atomic E-state index is 13.0. The van der Waals surface area contributed by atoms with Gasteiger partial charge < -0.3 is 14.5 Å². The van der Waals surface area contributed by atoms with Crippen LogP contribution in [0.4, 0.5) is 0 Å². The summed E-state index contributed by atoms with van der Waals surface area (Å²) in [6.07, 6.45) is 5.87. The van der Waals surface area contributed by atoms with Gasteiger partial charge >= 0.3 is 0 Å². The van der Waals surface area contributed by atoms with Crippen LogP contribution in [0.3, 0.4) is 0 Å². The largest absolute Gasteiger partial charge is 0.493 e. The predicted molar refractivity (Wildman–Crippen MR) is 118 cm³/mol. The molecule has 1 aromatic carbocycles. The monoisotopic (exact) mass is 421 g/mol. The molecule has 0 aliphatic carbocycles. The van der Waals surface area contributed by atoms with E-state index in [-0.39, 0.29) is 11.8 Å². The zero-order valence-corrected chi connectivity index (χ0v) is 18.2. The fraction of sp³-hybridized carbons (Fsp3) is 0.480. The van der Waals surface area contributed by atoms with Crippen molar-refractivity contribution in [1.29, 1.82) is 0 Å². The van der Waals surface area contributed by atoms with Crippen molar-refractivity contribution in [2.75, 3.05) is 32.8 Å². The van der Waals surface area contributed by atoms with Gasteiger partial charge in [0.25, 0.3) is 0 Å². The SMILES string of the molecule is CC(=O)N1CCC(C2CN(C(=O)Cc3cccnc3)CC2COc2ccccc2)CC1. The third kappa shape index (κ3) is 5.43. The van der Waals surface area contributed by atoms with E-state index in [1.165, 1.54) is 0 Å². The predicted octanol–water partition coefficient (Wildman–Crippen LogP) is 3.04. The average molecular weight is 422 g/mol. The maximum Gasteiger partial charge on any atom is 0.227 e. The Morgan fingerprint density at radius 3 is 2.48 bits per heavy atom. The standard InChI is InChI=1S/C25H31N3O3/c1-19(29)27-12-9-21(10-13-27)24-17-28(25(30)14-20-6-5-11-26-15-20)16-22(24)18-31-23-7-3-2-4-8-23/h2-8,11,15,21-22,24H,9-10,12-14,16-18H2,1H3. The molecule has 2 aliphatic rings. The van der Waals surface area contributed by atoms with Crippen LogP contribution in [-0.2, 0) is 16.0 Å². The van der Waals surface area contributed by atoms with Gasteiger partial charge in [-0.2, -0.15) is 0 Å². The molecule has 0 saturated carbocycles. The van der Waals surface area contributed by atoms with Crippen molar-refractivity contribution < 1.29 is 14.3 Å². The number of rotatable bonds is 6. The van der Waals surface area contributed by atoms with E-state index in [0.717, 1.165) is 50.3 Å². The number of para-hydroxylation sites is 1. The van der Waals surface area contributed by atoms with Crippen molar-refractivity contribution in [2.24, 2.45) is 17.8 Å². The molecule has 2 aliphatic heterocycles. The summed E-state index contributed by atoms with van der Waals surface area (Å²) in [5.74, 6) is 2.38. The van der Waals surface area contributed by atoms with Gasteiger partial charge in [-0.1, -0.05) is 24.3 Å². The topological polar surface area (TPSA) is 62.7 Å². The van der Waals surface area contributed by atoms with Crippen LogP contribution in [0.15, 0.2) is 54.9 Å². The summed E-state index contributed by atoms with van der Waals surface area (Å²) in [6.45, 7) is 5.37. The Balaban J connectivity index is 1.42. The summed E-state index contributed by atoms with van der Waals surface area (Å²) in [7, 11) is 0. The van der Waals surface area contributed by atoms with Crippen LogP contribution in [0.1, 0.15) is 25.3 Å². The molecular formula is C25H31N3O3. The highest BCUT2D eigenvalue weighted by Crippen LogP contribution is 2.36. The number of likely N-dealkylation sites (tertiary alicyclic amines) is 2. The molecule has 2 amide bonds. The summed E-state index contributed by atoms with van der Waals surface area (Å²) in [6, 6.07) is 13.7. The van der Waals surface area contributed by atoms with Crippen molar-refractivity contribution in [3.05, 3.63) is 60.4 Å². The Labute approximate surface area is 184 Å². The lowest BCUT2D eigenvalue weighted by Gasteiger charge is -2.36. The van der Waals surface area contributed by atoms with E-state index in [1.54, 1.807) is 19.3 Å². The van der Waals surface area contributed by atoms with Crippen LogP contribution in [0.25, 0.3) is 0 Å². The van der Waals surface area contributed by atoms with Crippen LogP contribution < -0.4 is 4.74 Å². The first-order valence-electron chi connectivity index (χ1n) is 11.2. The maximum absolute atomic E-state index is 13.0. The number of hydrogen-bond donors (Lipinski definition) is 0. The minimum Gasteiger partial charge on any atom is -0.493 e. The van der Waals surface area contributed by atoms with Gasteiger partial charge in [0.2, 0.25) is 11.8 Å². The van der Waals surface area contributed by atoms with Gasteiger partial charge in [-0.3, -0.25) is 14.6 Å². The smallest absolute Gasteiger partial charge is 0.227 e. The Morgan fingerprint density at radius 1 is 1.03 bits per heavy atom. The number of piperidine rings is 1. The van der Waals surface area contributed by atoms with E-state index >= 15 is 0 Å². The number of hydrogen-bond acceptors (Lipinski definition) is 4. The van der Waals surface area contributed by atoms with Crippen LogP contribution in [0, 0.1) is 17.8 Å². The minimum absolute atomic E-state index is 0.154. The summed E-state index contributed by atoms with van der Waals surface area (Å²) < 4.78 is 6.10. The Kier molecular flexibility index (Phi) is 6.85. The fourth-order valence-corrected chi connectivity index (χ4v) is 4.96. The molecule has 0 radical (unpaired) electrons. The third-order valence-corrected chi connectivity index (χ3v) is 6.72. The molecule has 2 aromatic rings. The molecule has 2 fully saturated rings. The van der Waals surface area contributed by atoms with E-state index in [4.69, 9.17) is 4.74 Å². The van der Waals surface area contributed by atoms with Crippen LogP contribution in [0.2, 0.25) is 0 Å². The lowest BCUT2D eigenvalue weighted by molar-refractivity contribution is -0.130. The second-order valence-corrected chi connectivity index (χ2v) is 8.73. The summed E-state index contributed by atoms with van der Waals surface area (Å²) in [5, 5.41) is 0. The molecule has 1 aromatic heterocycles. The second-order valence-electron chi connectivity index (χ2n) is 8.73. The van der Waals surface area contributed by atoms with Gasteiger partial charge in [0.15, 0.2) is 0 Å². The lowest BCUT2D eigenvalue weighted by atomic mass is 9.78. The number of carbonyl (C=O) groups excluding carboxylic acids is 2. The molecule has 0 bridgehead atoms. The van der Waals surface area contributed by atoms with E-state index in [1.807, 2.05) is 52.3 Å². The van der Waals surface area contributed by atoms with Crippen molar-refractivity contribution >= 4 is 11.8 Å². The number of ether oxygens (including phenoxy) is 1. The first-order valence-corrected chi connectivity index (χ1v) is 11.2. The second kappa shape index (κ2) is 9.94. The first-order chi connectivity index (χ1) is 15.1. The number of aromatic nitrogens is 1. The fourth-order valence-electron chi connectivity index (χ4n) is 4.96.